The molecule has 0 saturated carbocycles. The van der Waals surface area contributed by atoms with Gasteiger partial charge in [-0.25, -0.2) is 0 Å². The van der Waals surface area contributed by atoms with Gasteiger partial charge in [0.25, 0.3) is 0 Å². The molecule has 1 unspecified atom stereocenters. The monoisotopic (exact) mass is 315 g/mol. The molecular weight excluding hydrogens is 294 g/mol. The quantitative estimate of drug-likeness (QED) is 0.847. The third-order valence-corrected chi connectivity index (χ3v) is 3.54. The van der Waals surface area contributed by atoms with Crippen LogP contribution in [0.2, 0.25) is 0 Å². The standard InChI is InChI=1S/C18H21NO4/c1-17(2,3)23-16(22)18(13-7-5-4-6-8-13)11-12-19-14(18)9-10-15(20)21/h4-8,11-12H,9-10H2,1-3H3,(H,20,21). The minimum Gasteiger partial charge on any atom is -0.481 e. The summed E-state index contributed by atoms with van der Waals surface area (Å²) in [5, 5.41) is 8.95. The number of carboxylic acids is 1. The SMILES string of the molecule is CC(C)(C)OC(=O)C1(c2ccccc2)C=CN=C1CCC(=O)O. The summed E-state index contributed by atoms with van der Waals surface area (Å²) in [4.78, 5) is 28.1. The van der Waals surface area contributed by atoms with Crippen LogP contribution in [0.25, 0.3) is 0 Å². The summed E-state index contributed by atoms with van der Waals surface area (Å²) < 4.78 is 5.60. The topological polar surface area (TPSA) is 76.0 Å². The van der Waals surface area contributed by atoms with Gasteiger partial charge in [-0.15, -0.1) is 0 Å². The van der Waals surface area contributed by atoms with Crippen molar-refractivity contribution in [3.63, 3.8) is 0 Å². The number of hydrogen-bond acceptors (Lipinski definition) is 4. The average molecular weight is 315 g/mol. The van der Waals surface area contributed by atoms with Crippen LogP contribution < -0.4 is 0 Å². The van der Waals surface area contributed by atoms with Crippen molar-refractivity contribution in [2.45, 2.75) is 44.6 Å². The fraction of sp³-hybridized carbons (Fsp3) is 0.389. The summed E-state index contributed by atoms with van der Waals surface area (Å²) in [6, 6.07) is 9.19. The number of aliphatic imine (C=N–C) groups is 1. The number of benzene rings is 1. The number of rotatable bonds is 5. The number of carbonyl (C=O) groups is 2. The first kappa shape index (κ1) is 16.9. The molecule has 1 aliphatic rings. The Morgan fingerprint density at radius 1 is 1.22 bits per heavy atom. The van der Waals surface area contributed by atoms with Crippen molar-refractivity contribution in [1.29, 1.82) is 0 Å². The maximum absolute atomic E-state index is 12.9. The van der Waals surface area contributed by atoms with E-state index in [9.17, 15) is 9.59 Å². The third kappa shape index (κ3) is 3.67. The highest BCUT2D eigenvalue weighted by molar-refractivity contribution is 6.16. The fourth-order valence-electron chi connectivity index (χ4n) is 2.55. The number of esters is 1. The van der Waals surface area contributed by atoms with Crippen LogP contribution in [0, 0.1) is 0 Å². The van der Waals surface area contributed by atoms with Crippen LogP contribution in [-0.2, 0) is 19.7 Å². The summed E-state index contributed by atoms with van der Waals surface area (Å²) in [5.41, 5.74) is -0.565. The van der Waals surface area contributed by atoms with E-state index in [4.69, 9.17) is 9.84 Å². The Bertz CT molecular complexity index is 655. The molecular formula is C18H21NO4. The minimum absolute atomic E-state index is 0.0854. The molecule has 1 aliphatic heterocycles. The maximum atomic E-state index is 12.9. The van der Waals surface area contributed by atoms with Gasteiger partial charge in [-0.05, 0) is 38.8 Å². The van der Waals surface area contributed by atoms with Crippen molar-refractivity contribution < 1.29 is 19.4 Å². The van der Waals surface area contributed by atoms with Gasteiger partial charge in [0.05, 0.1) is 6.42 Å². The molecule has 0 amide bonds. The van der Waals surface area contributed by atoms with Crippen LogP contribution in [0.4, 0.5) is 0 Å². The zero-order valence-electron chi connectivity index (χ0n) is 13.6. The van der Waals surface area contributed by atoms with E-state index in [1.54, 1.807) is 33.0 Å². The number of nitrogens with zero attached hydrogens (tertiary/aromatic N) is 1. The van der Waals surface area contributed by atoms with Gasteiger partial charge >= 0.3 is 11.9 Å². The molecule has 1 aromatic rings. The normalized spacial score (nSPS) is 20.2. The minimum atomic E-state index is -1.15. The molecule has 0 aliphatic carbocycles. The molecule has 0 fully saturated rings. The predicted octanol–water partition coefficient (Wildman–Crippen LogP) is 3.10. The first-order chi connectivity index (χ1) is 10.8. The van der Waals surface area contributed by atoms with E-state index in [-0.39, 0.29) is 12.8 Å². The van der Waals surface area contributed by atoms with E-state index in [1.807, 2.05) is 30.3 Å². The first-order valence-corrected chi connectivity index (χ1v) is 7.51. The Labute approximate surface area is 135 Å². The van der Waals surface area contributed by atoms with E-state index in [0.717, 1.165) is 5.56 Å². The van der Waals surface area contributed by atoms with Crippen molar-refractivity contribution in [3.8, 4) is 0 Å². The Morgan fingerprint density at radius 2 is 1.87 bits per heavy atom. The number of carbonyl (C=O) groups excluding carboxylic acids is 1. The van der Waals surface area contributed by atoms with Crippen molar-refractivity contribution in [2.75, 3.05) is 0 Å². The number of hydrogen-bond donors (Lipinski definition) is 1. The summed E-state index contributed by atoms with van der Waals surface area (Å²) in [6.45, 7) is 5.41. The fourth-order valence-corrected chi connectivity index (χ4v) is 2.55. The largest absolute Gasteiger partial charge is 0.481 e. The molecule has 0 aromatic heterocycles. The van der Waals surface area contributed by atoms with Gasteiger partial charge in [0.2, 0.25) is 0 Å². The van der Waals surface area contributed by atoms with Crippen LogP contribution >= 0.6 is 0 Å². The second-order valence-electron chi connectivity index (χ2n) is 6.46. The second-order valence-corrected chi connectivity index (χ2v) is 6.46. The molecule has 0 bridgehead atoms. The van der Waals surface area contributed by atoms with Crippen molar-refractivity contribution in [1.82, 2.24) is 0 Å². The molecule has 5 heteroatoms. The highest BCUT2D eigenvalue weighted by Crippen LogP contribution is 2.36. The van der Waals surface area contributed by atoms with Gasteiger partial charge in [0, 0.05) is 11.9 Å². The van der Waals surface area contributed by atoms with Crippen LogP contribution in [-0.4, -0.2) is 28.4 Å². The highest BCUT2D eigenvalue weighted by atomic mass is 16.6. The molecule has 0 radical (unpaired) electrons. The van der Waals surface area contributed by atoms with Crippen molar-refractivity contribution in [2.24, 2.45) is 4.99 Å². The van der Waals surface area contributed by atoms with E-state index in [1.165, 1.54) is 0 Å². The predicted molar refractivity (Wildman–Crippen MR) is 87.4 cm³/mol. The summed E-state index contributed by atoms with van der Waals surface area (Å²) in [5.74, 6) is -1.36. The van der Waals surface area contributed by atoms with E-state index >= 15 is 0 Å². The van der Waals surface area contributed by atoms with Crippen molar-refractivity contribution in [3.05, 3.63) is 48.2 Å². The van der Waals surface area contributed by atoms with E-state index < -0.39 is 23.0 Å². The highest BCUT2D eigenvalue weighted by Gasteiger charge is 2.47. The van der Waals surface area contributed by atoms with Gasteiger partial charge in [0.1, 0.15) is 5.60 Å². The van der Waals surface area contributed by atoms with Gasteiger partial charge < -0.3 is 9.84 Å². The van der Waals surface area contributed by atoms with Crippen molar-refractivity contribution >= 4 is 17.7 Å². The first-order valence-electron chi connectivity index (χ1n) is 7.51. The lowest BCUT2D eigenvalue weighted by molar-refractivity contribution is -0.157. The number of aliphatic carboxylic acids is 1. The lowest BCUT2D eigenvalue weighted by atomic mass is 9.75. The van der Waals surface area contributed by atoms with Gasteiger partial charge in [-0.2, -0.15) is 0 Å². The lowest BCUT2D eigenvalue weighted by Crippen LogP contribution is -2.45. The summed E-state index contributed by atoms with van der Waals surface area (Å²) in [7, 11) is 0. The smallest absolute Gasteiger partial charge is 0.326 e. The molecule has 1 N–H and O–H groups in total. The molecule has 2 rings (SSSR count). The van der Waals surface area contributed by atoms with Crippen LogP contribution in [0.1, 0.15) is 39.2 Å². The van der Waals surface area contributed by atoms with Crippen LogP contribution in [0.15, 0.2) is 47.6 Å². The number of ether oxygens (including phenoxy) is 1. The molecule has 1 heterocycles. The summed E-state index contributed by atoms with van der Waals surface area (Å²) in [6.07, 6.45) is 3.34. The molecule has 1 atom stereocenters. The van der Waals surface area contributed by atoms with Gasteiger partial charge in [0.15, 0.2) is 5.41 Å². The van der Waals surface area contributed by atoms with E-state index in [0.29, 0.717) is 5.71 Å². The van der Waals surface area contributed by atoms with E-state index in [2.05, 4.69) is 4.99 Å². The lowest BCUT2D eigenvalue weighted by Gasteiger charge is -2.31. The Hall–Kier alpha value is -2.43. The molecule has 5 nitrogen and oxygen atoms in total. The van der Waals surface area contributed by atoms with Crippen LogP contribution in [0.5, 0.6) is 0 Å². The summed E-state index contributed by atoms with van der Waals surface area (Å²) >= 11 is 0. The Balaban J connectivity index is 2.44. The number of carboxylic acid groups (broad SMARTS) is 1. The van der Waals surface area contributed by atoms with Gasteiger partial charge in [-0.3, -0.25) is 14.6 Å². The Morgan fingerprint density at radius 3 is 2.43 bits per heavy atom. The Kier molecular flexibility index (Phi) is 4.68. The molecule has 122 valence electrons. The maximum Gasteiger partial charge on any atom is 0.326 e. The zero-order chi connectivity index (χ0) is 17.1. The second kappa shape index (κ2) is 6.36. The zero-order valence-corrected chi connectivity index (χ0v) is 13.6. The van der Waals surface area contributed by atoms with Gasteiger partial charge in [-0.1, -0.05) is 30.3 Å². The van der Waals surface area contributed by atoms with Crippen LogP contribution in [0.3, 0.4) is 0 Å². The molecule has 0 saturated heterocycles. The average Bonchev–Trinajstić information content (AvgIpc) is 2.89. The molecule has 23 heavy (non-hydrogen) atoms. The third-order valence-electron chi connectivity index (χ3n) is 3.54. The molecule has 1 aromatic carbocycles. The molecule has 0 spiro atoms.